The molecule has 0 fully saturated rings. The van der Waals surface area contributed by atoms with Gasteiger partial charge in [0.15, 0.2) is 0 Å². The molecule has 0 saturated carbocycles. The zero-order valence-electron chi connectivity index (χ0n) is 22.2. The van der Waals surface area contributed by atoms with E-state index >= 15 is 0 Å². The molecule has 0 bridgehead atoms. The van der Waals surface area contributed by atoms with Crippen LogP contribution in [0.4, 0.5) is 5.69 Å². The minimum absolute atomic E-state index is 0.127. The molecule has 0 aliphatic heterocycles. The summed E-state index contributed by atoms with van der Waals surface area (Å²) in [5.74, 6) is -5.48. The Hall–Kier alpha value is -3.22. The van der Waals surface area contributed by atoms with Crippen LogP contribution in [0.15, 0.2) is 48.5 Å². The van der Waals surface area contributed by atoms with Crippen LogP contribution in [0.5, 0.6) is 0 Å². The zero-order valence-corrected chi connectivity index (χ0v) is 27.0. The second-order valence-electron chi connectivity index (χ2n) is 8.61. The standard InChI is InChI=1S/C25H28AsIN4O11S/c27-16-5-1-14(2-6-16)23(36)31-18(25(38)42-41)9-10-20(32)30-19(24(37)28-11-22(34)35)12-43-13-21(33)29-17-7-3-15(4-8-17)26(39)40/h1-8,18-19,39-41H,9-13H2,(H,28,37)(H,29,33)(H,30,32)(H,31,36)(H,34,35)/t18-,19-/m0/s1/i27-4. The average Bonchev–Trinajstić information content (AvgIpc) is 2.97. The third-order valence-corrected chi connectivity index (χ3v) is 8.76. The van der Waals surface area contributed by atoms with Crippen LogP contribution < -0.4 is 25.6 Å². The van der Waals surface area contributed by atoms with Crippen molar-refractivity contribution < 1.29 is 52.2 Å². The molecule has 15 nitrogen and oxygen atoms in total. The molecule has 0 saturated heterocycles. The first-order valence-corrected chi connectivity index (χ1v) is 17.1. The predicted octanol–water partition coefficient (Wildman–Crippen LogP) is -1.08. The molecule has 0 heterocycles. The molecule has 4 amide bonds. The molecule has 0 unspecified atom stereocenters. The van der Waals surface area contributed by atoms with Gasteiger partial charge in [-0.15, -0.1) is 0 Å². The summed E-state index contributed by atoms with van der Waals surface area (Å²) in [4.78, 5) is 76.6. The third-order valence-electron chi connectivity index (χ3n) is 5.41. The van der Waals surface area contributed by atoms with Gasteiger partial charge in [-0.3, -0.25) is 19.3 Å². The Bertz CT molecular complexity index is 1300. The number of aliphatic carboxylic acids is 1. The fraction of sp³-hybridized carbons (Fsp3) is 0.280. The normalized spacial score (nSPS) is 12.0. The Morgan fingerprint density at radius 2 is 1.56 bits per heavy atom. The quantitative estimate of drug-likeness (QED) is 0.0439. The van der Waals surface area contributed by atoms with Crippen LogP contribution in [0, 0.1) is 3.57 Å². The number of halogens is 1. The molecule has 2 atom stereocenters. The van der Waals surface area contributed by atoms with Gasteiger partial charge in [0.25, 0.3) is 5.91 Å². The number of hydrogen-bond donors (Lipinski definition) is 8. The minimum Gasteiger partial charge on any atom is -0.338 e. The number of amides is 4. The third kappa shape index (κ3) is 13.3. The fourth-order valence-corrected chi connectivity index (χ4v) is 5.39. The molecule has 18 heteroatoms. The van der Waals surface area contributed by atoms with E-state index in [1.54, 1.807) is 12.1 Å². The van der Waals surface area contributed by atoms with Crippen molar-refractivity contribution in [1.82, 2.24) is 16.0 Å². The van der Waals surface area contributed by atoms with Crippen molar-refractivity contribution in [2.75, 3.05) is 23.4 Å². The molecule has 2 aromatic carbocycles. The van der Waals surface area contributed by atoms with Crippen LogP contribution in [-0.2, 0) is 28.9 Å². The van der Waals surface area contributed by atoms with Gasteiger partial charge in [0.05, 0.1) is 0 Å². The Labute approximate surface area is 268 Å². The monoisotopic (exact) mass is 790 g/mol. The summed E-state index contributed by atoms with van der Waals surface area (Å²) in [5.41, 5.74) is 0.624. The summed E-state index contributed by atoms with van der Waals surface area (Å²) in [7, 11) is 0. The van der Waals surface area contributed by atoms with Crippen molar-refractivity contribution in [3.8, 4) is 0 Å². The van der Waals surface area contributed by atoms with E-state index in [4.69, 9.17) is 10.4 Å². The first-order chi connectivity index (χ1) is 20.4. The van der Waals surface area contributed by atoms with Gasteiger partial charge in [0.2, 0.25) is 0 Å². The number of benzene rings is 2. The van der Waals surface area contributed by atoms with Crippen molar-refractivity contribution in [3.05, 3.63) is 57.7 Å². The molecule has 0 aliphatic rings. The van der Waals surface area contributed by atoms with Crippen LogP contribution in [0.25, 0.3) is 0 Å². The van der Waals surface area contributed by atoms with E-state index < -0.39 is 76.0 Å². The van der Waals surface area contributed by atoms with E-state index in [9.17, 15) is 37.0 Å². The van der Waals surface area contributed by atoms with Crippen LogP contribution in [0.3, 0.4) is 0 Å². The average molecular weight is 790 g/mol. The second kappa shape index (κ2) is 18.4. The summed E-state index contributed by atoms with van der Waals surface area (Å²) >= 11 is -0.0167. The van der Waals surface area contributed by atoms with Gasteiger partial charge in [-0.1, -0.05) is 0 Å². The molecule has 43 heavy (non-hydrogen) atoms. The van der Waals surface area contributed by atoms with Crippen LogP contribution >= 0.6 is 34.4 Å². The smallest absolute Gasteiger partial charge is 0.338 e. The number of carboxylic acids is 1. The Kier molecular flexibility index (Phi) is 15.4. The topological polar surface area (TPSA) is 241 Å². The molecule has 232 valence electrons. The fourth-order valence-electron chi connectivity index (χ4n) is 3.31. The first kappa shape index (κ1) is 36.0. The van der Waals surface area contributed by atoms with Gasteiger partial charge in [0, 0.05) is 15.6 Å². The van der Waals surface area contributed by atoms with Crippen LogP contribution in [-0.4, -0.2) is 99.6 Å². The summed E-state index contributed by atoms with van der Waals surface area (Å²) in [6.45, 7) is -0.715. The number of carbonyl (C=O) groups excluding carboxylic acids is 5. The van der Waals surface area contributed by atoms with E-state index in [0.717, 1.165) is 15.3 Å². The van der Waals surface area contributed by atoms with E-state index in [-0.39, 0.29) is 23.5 Å². The van der Waals surface area contributed by atoms with Gasteiger partial charge >= 0.3 is 142 Å². The molecule has 2 rings (SSSR count). The van der Waals surface area contributed by atoms with E-state index in [0.29, 0.717) is 10.0 Å². The Morgan fingerprint density at radius 3 is 2.14 bits per heavy atom. The van der Waals surface area contributed by atoms with E-state index in [1.807, 2.05) is 22.6 Å². The van der Waals surface area contributed by atoms with Crippen molar-refractivity contribution in [3.63, 3.8) is 0 Å². The number of rotatable bonds is 16. The second-order valence-corrected chi connectivity index (χ2v) is 13.2. The molecule has 8 N–H and O–H groups in total. The number of anilines is 1. The van der Waals surface area contributed by atoms with E-state index in [2.05, 4.69) is 26.2 Å². The van der Waals surface area contributed by atoms with Crippen molar-refractivity contribution in [2.24, 2.45) is 0 Å². The number of nitrogens with one attached hydrogen (secondary N) is 4. The number of thioether (sulfide) groups is 1. The molecular formula is C25H28AsIN4O11S. The number of carboxylic acid groups (broad SMARTS) is 1. The predicted molar refractivity (Wildman–Crippen MR) is 163 cm³/mol. The Morgan fingerprint density at radius 1 is 0.907 bits per heavy atom. The molecule has 0 spiro atoms. The van der Waals surface area contributed by atoms with Gasteiger partial charge in [0.1, 0.15) is 12.6 Å². The van der Waals surface area contributed by atoms with Gasteiger partial charge in [-0.25, -0.2) is 4.79 Å². The summed E-state index contributed by atoms with van der Waals surface area (Å²) < 4.78 is 19.8. The van der Waals surface area contributed by atoms with Crippen LogP contribution in [0.1, 0.15) is 23.2 Å². The number of hydrogen-bond acceptors (Lipinski definition) is 11. The SMILES string of the molecule is O=C(O)CNC(=O)[C@H](CSCC(=O)Nc1ccc([As](O)O)cc1)NC(=O)CC[C@H](NC(=O)c1ccc([123I])cc1)C(=O)OO. The molecular weight excluding hydrogens is 762 g/mol. The molecule has 0 aliphatic carbocycles. The molecule has 0 aromatic heterocycles. The van der Waals surface area contributed by atoms with Gasteiger partial charge in [-0.2, -0.15) is 5.26 Å². The maximum atomic E-state index is 12.7. The van der Waals surface area contributed by atoms with Crippen molar-refractivity contribution in [2.45, 2.75) is 24.9 Å². The van der Waals surface area contributed by atoms with Crippen molar-refractivity contribution in [1.29, 1.82) is 0 Å². The summed E-state index contributed by atoms with van der Waals surface area (Å²) in [5, 5.41) is 27.2. The van der Waals surface area contributed by atoms with E-state index in [1.165, 1.54) is 36.4 Å². The molecule has 0 radical (unpaired) electrons. The van der Waals surface area contributed by atoms with Crippen molar-refractivity contribution >= 4 is 95.3 Å². The maximum absolute atomic E-state index is 12.7. The van der Waals surface area contributed by atoms with Gasteiger partial charge in [-0.05, 0) is 53.3 Å². The summed E-state index contributed by atoms with van der Waals surface area (Å²) in [6.07, 6.45) is -0.711. The van der Waals surface area contributed by atoms with Gasteiger partial charge < -0.3 is 10.4 Å². The zero-order chi connectivity index (χ0) is 31.9. The summed E-state index contributed by atoms with van der Waals surface area (Å²) in [6, 6.07) is 9.64. The number of carbonyl (C=O) groups is 6. The molecule has 2 aromatic rings. The minimum atomic E-state index is -3.03. The first-order valence-electron chi connectivity index (χ1n) is 12.3. The van der Waals surface area contributed by atoms with Crippen LogP contribution in [0.2, 0.25) is 0 Å². The Balaban J connectivity index is 1.96.